The molecular weight excluding hydrogens is 366 g/mol. The number of anilines is 1. The fourth-order valence-corrected chi connectivity index (χ4v) is 4.10. The molecule has 0 aliphatic carbocycles. The van der Waals surface area contributed by atoms with Crippen LogP contribution < -0.4 is 9.64 Å². The molecule has 0 saturated heterocycles. The van der Waals surface area contributed by atoms with E-state index in [9.17, 15) is 0 Å². The summed E-state index contributed by atoms with van der Waals surface area (Å²) in [5, 5.41) is 2.47. The van der Waals surface area contributed by atoms with E-state index in [0.717, 1.165) is 24.4 Å². The van der Waals surface area contributed by atoms with Crippen LogP contribution in [0.1, 0.15) is 45.2 Å². The summed E-state index contributed by atoms with van der Waals surface area (Å²) in [6, 6.07) is 21.6. The molecule has 4 rings (SSSR count). The summed E-state index contributed by atoms with van der Waals surface area (Å²) in [4.78, 5) is 2.34. The van der Waals surface area contributed by atoms with Gasteiger partial charge in [-0.05, 0) is 72.9 Å². The highest BCUT2D eigenvalue weighted by atomic mass is 16.5. The van der Waals surface area contributed by atoms with Gasteiger partial charge in [0.2, 0.25) is 0 Å². The lowest BCUT2D eigenvalue weighted by atomic mass is 9.96. The maximum absolute atomic E-state index is 6.14. The van der Waals surface area contributed by atoms with E-state index in [2.05, 4.69) is 112 Å². The van der Waals surface area contributed by atoms with Crippen molar-refractivity contribution in [3.05, 3.63) is 90.1 Å². The summed E-state index contributed by atoms with van der Waals surface area (Å²) in [5.74, 6) is 1.53. The second-order valence-corrected chi connectivity index (χ2v) is 9.16. The van der Waals surface area contributed by atoms with Crippen LogP contribution in [0.3, 0.4) is 0 Å². The molecule has 30 heavy (non-hydrogen) atoms. The predicted molar refractivity (Wildman–Crippen MR) is 129 cm³/mol. The fourth-order valence-electron chi connectivity index (χ4n) is 4.10. The average molecular weight is 398 g/mol. The molecule has 1 aliphatic heterocycles. The zero-order valence-electron chi connectivity index (χ0n) is 18.5. The van der Waals surface area contributed by atoms with Gasteiger partial charge >= 0.3 is 0 Å². The van der Waals surface area contributed by atoms with Crippen LogP contribution in [0.25, 0.3) is 16.8 Å². The Hall–Kier alpha value is -3.00. The third kappa shape index (κ3) is 4.28. The summed E-state index contributed by atoms with van der Waals surface area (Å²) in [6.07, 6.45) is 5.31. The highest BCUT2D eigenvalue weighted by molar-refractivity contribution is 5.94. The second-order valence-electron chi connectivity index (χ2n) is 9.16. The van der Waals surface area contributed by atoms with Gasteiger partial charge in [-0.2, -0.15) is 0 Å². The Kier molecular flexibility index (Phi) is 5.42. The second kappa shape index (κ2) is 8.02. The molecule has 2 heteroatoms. The molecule has 3 aromatic carbocycles. The molecule has 0 N–H and O–H groups in total. The van der Waals surface area contributed by atoms with Crippen molar-refractivity contribution in [3.8, 4) is 5.75 Å². The third-order valence-electron chi connectivity index (χ3n) is 5.54. The van der Waals surface area contributed by atoms with E-state index in [4.69, 9.17) is 4.74 Å². The van der Waals surface area contributed by atoms with Gasteiger partial charge in [0.25, 0.3) is 0 Å². The van der Waals surface area contributed by atoms with Gasteiger partial charge in [0.1, 0.15) is 11.4 Å². The lowest BCUT2D eigenvalue weighted by Crippen LogP contribution is -2.27. The van der Waals surface area contributed by atoms with E-state index in [0.29, 0.717) is 5.92 Å². The number of fused-ring (bicyclic) bond motifs is 3. The van der Waals surface area contributed by atoms with Crippen LogP contribution in [-0.2, 0) is 6.54 Å². The number of benzene rings is 3. The fraction of sp³-hybridized carbons (Fsp3) is 0.286. The maximum atomic E-state index is 6.14. The zero-order valence-corrected chi connectivity index (χ0v) is 18.5. The van der Waals surface area contributed by atoms with Crippen LogP contribution in [0.5, 0.6) is 5.75 Å². The monoisotopic (exact) mass is 397 g/mol. The molecule has 0 radical (unpaired) electrons. The first-order valence-electron chi connectivity index (χ1n) is 10.8. The Morgan fingerprint density at radius 3 is 2.53 bits per heavy atom. The van der Waals surface area contributed by atoms with Crippen LogP contribution in [0.15, 0.2) is 79.0 Å². The Bertz CT molecular complexity index is 1090. The quantitative estimate of drug-likeness (QED) is 0.425. The zero-order chi connectivity index (χ0) is 21.3. The molecule has 0 amide bonds. The van der Waals surface area contributed by atoms with Crippen molar-refractivity contribution in [2.24, 2.45) is 5.92 Å². The number of hydrogen-bond donors (Lipinski definition) is 0. The largest absolute Gasteiger partial charge is 0.483 e. The molecule has 0 unspecified atom stereocenters. The van der Waals surface area contributed by atoms with Gasteiger partial charge < -0.3 is 9.64 Å². The summed E-state index contributed by atoms with van der Waals surface area (Å²) in [6.45, 7) is 13.9. The first kappa shape index (κ1) is 20.3. The number of rotatable bonds is 6. The van der Waals surface area contributed by atoms with Crippen LogP contribution in [0, 0.1) is 5.92 Å². The molecule has 3 aromatic rings. The average Bonchev–Trinajstić information content (AvgIpc) is 2.71. The summed E-state index contributed by atoms with van der Waals surface area (Å²) in [7, 11) is 0. The SMILES string of the molecule is C=C(CC(C)C)N(Cc1ccc2c3c(ccc2c1)OC(C)(C)C=C3)c1ccccc1. The summed E-state index contributed by atoms with van der Waals surface area (Å²) in [5.41, 5.74) is 4.53. The van der Waals surface area contributed by atoms with Gasteiger partial charge in [-0.3, -0.25) is 0 Å². The molecule has 0 atom stereocenters. The van der Waals surface area contributed by atoms with Crippen LogP contribution in [-0.4, -0.2) is 5.60 Å². The number of ether oxygens (including phenoxy) is 1. The van der Waals surface area contributed by atoms with Crippen molar-refractivity contribution < 1.29 is 4.74 Å². The third-order valence-corrected chi connectivity index (χ3v) is 5.54. The Morgan fingerprint density at radius 1 is 1.03 bits per heavy atom. The van der Waals surface area contributed by atoms with Crippen molar-refractivity contribution in [2.45, 2.75) is 46.3 Å². The van der Waals surface area contributed by atoms with E-state index in [1.807, 2.05) is 0 Å². The van der Waals surface area contributed by atoms with E-state index >= 15 is 0 Å². The van der Waals surface area contributed by atoms with Gasteiger partial charge in [0.15, 0.2) is 0 Å². The lowest BCUT2D eigenvalue weighted by molar-refractivity contribution is 0.159. The van der Waals surface area contributed by atoms with E-state index < -0.39 is 0 Å². The lowest BCUT2D eigenvalue weighted by Gasteiger charge is -2.29. The molecule has 0 spiro atoms. The first-order chi connectivity index (χ1) is 14.3. The van der Waals surface area contributed by atoms with Crippen molar-refractivity contribution in [1.82, 2.24) is 0 Å². The molecule has 0 aromatic heterocycles. The highest BCUT2D eigenvalue weighted by Crippen LogP contribution is 2.36. The Labute approximate surface area is 180 Å². The molecule has 0 bridgehead atoms. The van der Waals surface area contributed by atoms with Crippen molar-refractivity contribution in [2.75, 3.05) is 4.90 Å². The molecular formula is C28H31NO. The topological polar surface area (TPSA) is 12.5 Å². The van der Waals surface area contributed by atoms with Crippen molar-refractivity contribution in [3.63, 3.8) is 0 Å². The van der Waals surface area contributed by atoms with Crippen LogP contribution in [0.4, 0.5) is 5.69 Å². The number of allylic oxidation sites excluding steroid dienone is 1. The number of hydrogen-bond acceptors (Lipinski definition) is 2. The van der Waals surface area contributed by atoms with Gasteiger partial charge in [-0.1, -0.05) is 62.9 Å². The number of nitrogens with zero attached hydrogens (tertiary/aromatic N) is 1. The van der Waals surface area contributed by atoms with Crippen LogP contribution >= 0.6 is 0 Å². The van der Waals surface area contributed by atoms with E-state index in [1.165, 1.54) is 27.6 Å². The maximum Gasteiger partial charge on any atom is 0.128 e. The smallest absolute Gasteiger partial charge is 0.128 e. The standard InChI is InChI=1S/C28H31NO/c1-20(2)17-21(3)29(24-9-7-6-8-10-24)19-22-11-13-25-23(18-22)12-14-27-26(25)15-16-28(4,5)30-27/h6-16,18,20H,3,17,19H2,1-2,4-5H3. The van der Waals surface area contributed by atoms with E-state index in [-0.39, 0.29) is 5.60 Å². The van der Waals surface area contributed by atoms with E-state index in [1.54, 1.807) is 0 Å². The first-order valence-corrected chi connectivity index (χ1v) is 10.8. The summed E-state index contributed by atoms with van der Waals surface area (Å²) >= 11 is 0. The van der Waals surface area contributed by atoms with Gasteiger partial charge in [-0.15, -0.1) is 0 Å². The summed E-state index contributed by atoms with van der Waals surface area (Å²) < 4.78 is 6.14. The highest BCUT2D eigenvalue weighted by Gasteiger charge is 2.22. The minimum atomic E-state index is -0.256. The number of para-hydroxylation sites is 1. The Morgan fingerprint density at radius 2 is 1.80 bits per heavy atom. The van der Waals surface area contributed by atoms with Crippen molar-refractivity contribution in [1.29, 1.82) is 0 Å². The van der Waals surface area contributed by atoms with Gasteiger partial charge in [-0.25, -0.2) is 0 Å². The molecule has 154 valence electrons. The molecule has 0 fully saturated rings. The Balaban J connectivity index is 1.67. The van der Waals surface area contributed by atoms with Crippen LogP contribution in [0.2, 0.25) is 0 Å². The normalized spacial score (nSPS) is 14.4. The predicted octanol–water partition coefficient (Wildman–Crippen LogP) is 7.59. The van der Waals surface area contributed by atoms with Gasteiger partial charge in [0, 0.05) is 23.5 Å². The van der Waals surface area contributed by atoms with Crippen molar-refractivity contribution >= 4 is 22.5 Å². The minimum Gasteiger partial charge on any atom is -0.483 e. The molecule has 1 heterocycles. The molecule has 0 saturated carbocycles. The molecule has 2 nitrogen and oxygen atoms in total. The minimum absolute atomic E-state index is 0.256. The van der Waals surface area contributed by atoms with Gasteiger partial charge in [0.05, 0.1) is 0 Å². The molecule has 1 aliphatic rings.